The summed E-state index contributed by atoms with van der Waals surface area (Å²) in [5.41, 5.74) is 0. The van der Waals surface area contributed by atoms with E-state index >= 15 is 0 Å². The maximum atomic E-state index is 9.88. The number of carbonyl (C=O) groups is 1. The van der Waals surface area contributed by atoms with Crippen molar-refractivity contribution in [3.63, 3.8) is 0 Å². The summed E-state index contributed by atoms with van der Waals surface area (Å²) < 4.78 is 9.82. The van der Waals surface area contributed by atoms with Crippen LogP contribution in [-0.2, 0) is 14.3 Å². The molecule has 0 N–H and O–H groups in total. The highest BCUT2D eigenvalue weighted by Gasteiger charge is 2.02. The van der Waals surface area contributed by atoms with Crippen LogP contribution in [0.2, 0.25) is 0 Å². The molecular formula is C8H15NO3. The normalized spacial score (nSPS) is 8.75. The number of nitriles is 1. The van der Waals surface area contributed by atoms with Gasteiger partial charge in [0.1, 0.15) is 6.29 Å². The number of rotatable bonds is 6. The van der Waals surface area contributed by atoms with E-state index < -0.39 is 0 Å². The molecule has 0 aliphatic rings. The van der Waals surface area contributed by atoms with Gasteiger partial charge in [0.05, 0.1) is 0 Å². The summed E-state index contributed by atoms with van der Waals surface area (Å²) in [6.45, 7) is 3.50. The van der Waals surface area contributed by atoms with Crippen LogP contribution in [0, 0.1) is 11.8 Å². The highest BCUT2D eigenvalue weighted by molar-refractivity contribution is 5.48. The van der Waals surface area contributed by atoms with Crippen LogP contribution in [-0.4, -0.2) is 26.8 Å². The number of ether oxygens (including phenoxy) is 2. The van der Waals surface area contributed by atoms with Gasteiger partial charge >= 0.3 is 0 Å². The van der Waals surface area contributed by atoms with Gasteiger partial charge in [-0.25, -0.2) is 5.26 Å². The summed E-state index contributed by atoms with van der Waals surface area (Å²) in [6.07, 6.45) is 2.95. The highest BCUT2D eigenvalue weighted by atomic mass is 16.7. The predicted molar refractivity (Wildman–Crippen MR) is 44.4 cm³/mol. The Labute approximate surface area is 73.1 Å². The van der Waals surface area contributed by atoms with Gasteiger partial charge in [0.25, 0.3) is 0 Å². The van der Waals surface area contributed by atoms with Crippen molar-refractivity contribution in [1.82, 2.24) is 0 Å². The molecule has 0 saturated carbocycles. The van der Waals surface area contributed by atoms with Crippen molar-refractivity contribution in [1.29, 1.82) is 5.26 Å². The molecular weight excluding hydrogens is 158 g/mol. The number of methoxy groups -OCH3 is 2. The quantitative estimate of drug-likeness (QED) is 0.343. The Hall–Kier alpha value is -0.920. The first kappa shape index (κ1) is 13.7. The summed E-state index contributed by atoms with van der Waals surface area (Å²) in [6, 6.07) is 0. The van der Waals surface area contributed by atoms with Crippen LogP contribution in [0.4, 0.5) is 0 Å². The van der Waals surface area contributed by atoms with Gasteiger partial charge in [-0.05, 0) is 12.8 Å². The SMILES string of the molecule is C#N.COC(CCCC=O)OC. The molecule has 12 heavy (non-hydrogen) atoms. The first-order valence-corrected chi connectivity index (χ1v) is 3.60. The lowest BCUT2D eigenvalue weighted by molar-refractivity contribution is -0.112. The van der Waals surface area contributed by atoms with Crippen LogP contribution < -0.4 is 0 Å². The highest BCUT2D eigenvalue weighted by Crippen LogP contribution is 2.02. The van der Waals surface area contributed by atoms with Crippen molar-refractivity contribution in [2.24, 2.45) is 0 Å². The summed E-state index contributed by atoms with van der Waals surface area (Å²) >= 11 is 0. The third-order valence-electron chi connectivity index (χ3n) is 1.29. The molecule has 4 nitrogen and oxygen atoms in total. The Morgan fingerprint density at radius 3 is 2.25 bits per heavy atom. The van der Waals surface area contributed by atoms with Gasteiger partial charge in [-0.1, -0.05) is 0 Å². The fourth-order valence-corrected chi connectivity index (χ4v) is 0.700. The van der Waals surface area contributed by atoms with Gasteiger partial charge in [-0.3, -0.25) is 0 Å². The van der Waals surface area contributed by atoms with E-state index in [0.717, 1.165) is 19.1 Å². The molecule has 0 aromatic heterocycles. The number of nitrogens with zero attached hydrogens (tertiary/aromatic N) is 1. The monoisotopic (exact) mass is 173 g/mol. The second-order valence-electron chi connectivity index (χ2n) is 2.00. The number of unbranched alkanes of at least 4 members (excludes halogenated alkanes) is 1. The smallest absolute Gasteiger partial charge is 0.156 e. The first-order chi connectivity index (χ1) is 5.85. The lowest BCUT2D eigenvalue weighted by Gasteiger charge is -2.11. The van der Waals surface area contributed by atoms with E-state index in [1.807, 2.05) is 0 Å². The third kappa shape index (κ3) is 9.08. The first-order valence-electron chi connectivity index (χ1n) is 3.60. The topological polar surface area (TPSA) is 59.3 Å². The minimum atomic E-state index is -0.153. The summed E-state index contributed by atoms with van der Waals surface area (Å²) in [7, 11) is 3.18. The number of hydrogen-bond acceptors (Lipinski definition) is 4. The van der Waals surface area contributed by atoms with Crippen LogP contribution >= 0.6 is 0 Å². The van der Waals surface area contributed by atoms with Gasteiger partial charge in [0, 0.05) is 27.2 Å². The van der Waals surface area contributed by atoms with E-state index in [1.165, 1.54) is 0 Å². The molecule has 0 saturated heterocycles. The van der Waals surface area contributed by atoms with Crippen LogP contribution in [0.1, 0.15) is 19.3 Å². The minimum absolute atomic E-state index is 0.153. The van der Waals surface area contributed by atoms with E-state index in [4.69, 9.17) is 14.7 Å². The van der Waals surface area contributed by atoms with Gasteiger partial charge in [-0.15, -0.1) is 0 Å². The van der Waals surface area contributed by atoms with Crippen molar-refractivity contribution < 1.29 is 14.3 Å². The number of aldehydes is 1. The fourth-order valence-electron chi connectivity index (χ4n) is 0.700. The van der Waals surface area contributed by atoms with Crippen molar-refractivity contribution in [3.05, 3.63) is 0 Å². The van der Waals surface area contributed by atoms with Gasteiger partial charge in [0.2, 0.25) is 0 Å². The van der Waals surface area contributed by atoms with E-state index in [9.17, 15) is 4.79 Å². The van der Waals surface area contributed by atoms with E-state index in [-0.39, 0.29) is 6.29 Å². The zero-order valence-electron chi connectivity index (χ0n) is 7.53. The average Bonchev–Trinajstić information content (AvgIpc) is 2.16. The molecule has 0 amide bonds. The molecule has 70 valence electrons. The van der Waals surface area contributed by atoms with Crippen LogP contribution in [0.5, 0.6) is 0 Å². The number of hydrogen-bond donors (Lipinski definition) is 0. The number of carbonyl (C=O) groups excluding carboxylic acids is 1. The minimum Gasteiger partial charge on any atom is -0.356 e. The maximum Gasteiger partial charge on any atom is 0.156 e. The lowest BCUT2D eigenvalue weighted by atomic mass is 10.2. The van der Waals surface area contributed by atoms with E-state index in [1.54, 1.807) is 14.2 Å². The molecule has 0 aromatic carbocycles. The Morgan fingerprint density at radius 2 is 1.92 bits per heavy atom. The molecule has 0 aliphatic heterocycles. The Balaban J connectivity index is 0. The average molecular weight is 173 g/mol. The second-order valence-corrected chi connectivity index (χ2v) is 2.00. The maximum absolute atomic E-state index is 9.88. The molecule has 0 aromatic rings. The summed E-state index contributed by atoms with van der Waals surface area (Å²) in [5, 5.41) is 6.50. The summed E-state index contributed by atoms with van der Waals surface area (Å²) in [5.74, 6) is 0. The zero-order valence-corrected chi connectivity index (χ0v) is 7.53. The van der Waals surface area contributed by atoms with Gasteiger partial charge in [0.15, 0.2) is 6.29 Å². The van der Waals surface area contributed by atoms with Gasteiger partial charge in [-0.2, -0.15) is 0 Å². The molecule has 0 rings (SSSR count). The molecule has 4 heteroatoms. The van der Waals surface area contributed by atoms with E-state index in [2.05, 4.69) is 6.57 Å². The Kier molecular flexibility index (Phi) is 14.5. The Morgan fingerprint density at radius 1 is 1.42 bits per heavy atom. The van der Waals surface area contributed by atoms with Gasteiger partial charge < -0.3 is 14.3 Å². The van der Waals surface area contributed by atoms with Crippen molar-refractivity contribution in [2.45, 2.75) is 25.6 Å². The van der Waals surface area contributed by atoms with Crippen molar-refractivity contribution >= 4 is 6.29 Å². The van der Waals surface area contributed by atoms with Crippen LogP contribution in [0.15, 0.2) is 0 Å². The van der Waals surface area contributed by atoms with Crippen LogP contribution in [0.25, 0.3) is 0 Å². The van der Waals surface area contributed by atoms with E-state index in [0.29, 0.717) is 6.42 Å². The molecule has 0 bridgehead atoms. The molecule has 0 atom stereocenters. The summed E-state index contributed by atoms with van der Waals surface area (Å²) in [4.78, 5) is 9.88. The second kappa shape index (κ2) is 12.7. The largest absolute Gasteiger partial charge is 0.356 e. The van der Waals surface area contributed by atoms with Crippen molar-refractivity contribution in [3.8, 4) is 6.57 Å². The Bertz CT molecular complexity index is 110. The molecule has 0 radical (unpaired) electrons. The molecule has 0 unspecified atom stereocenters. The lowest BCUT2D eigenvalue weighted by Crippen LogP contribution is -2.12. The zero-order chi connectivity index (χ0) is 9.82. The fraction of sp³-hybridized carbons (Fsp3) is 0.750. The predicted octanol–water partition coefficient (Wildman–Crippen LogP) is 1.11. The standard InChI is InChI=1S/C7H14O3.CHN/c1-9-7(10-2)5-3-4-6-8;1-2/h6-7H,3-5H2,1-2H3;1H. The van der Waals surface area contributed by atoms with Crippen molar-refractivity contribution in [2.75, 3.05) is 14.2 Å². The molecule has 0 spiro atoms. The molecule has 0 heterocycles. The molecule has 0 fully saturated rings. The third-order valence-corrected chi connectivity index (χ3v) is 1.29. The van der Waals surface area contributed by atoms with Crippen LogP contribution in [0.3, 0.4) is 0 Å². The molecule has 0 aliphatic carbocycles.